The third-order valence-electron chi connectivity index (χ3n) is 6.73. The Bertz CT molecular complexity index is 1370. The van der Waals surface area contributed by atoms with Crippen LogP contribution in [-0.4, -0.2) is 86.7 Å². The molecule has 2 aromatic rings. The number of hydrogen-bond acceptors (Lipinski definition) is 11. The first-order valence-corrected chi connectivity index (χ1v) is 14.4. The number of nitrogens with two attached hydrogens (primary N) is 1. The minimum atomic E-state index is -1.28. The summed E-state index contributed by atoms with van der Waals surface area (Å²) in [6, 6.07) is 9.15. The molecule has 19 heteroatoms. The molecule has 0 bridgehead atoms. The van der Waals surface area contributed by atoms with E-state index in [-0.39, 0.29) is 189 Å². The van der Waals surface area contributed by atoms with Crippen molar-refractivity contribution in [2.24, 2.45) is 5.73 Å². The summed E-state index contributed by atoms with van der Waals surface area (Å²) in [5.74, 6) is -1.74. The van der Waals surface area contributed by atoms with Gasteiger partial charge in [-0.25, -0.2) is 9.59 Å². The Morgan fingerprint density at radius 3 is 2.22 bits per heavy atom. The third kappa shape index (κ3) is 18.6. The van der Waals surface area contributed by atoms with E-state index >= 15 is 0 Å². The Balaban J connectivity index is -0.00000442. The van der Waals surface area contributed by atoms with Crippen LogP contribution in [-0.2, 0) is 127 Å². The minimum Gasteiger partial charge on any atom is -0.479 e. The number of carbonyl (C=O) groups is 3. The van der Waals surface area contributed by atoms with Gasteiger partial charge in [-0.15, -0.1) is 0 Å². The molecule has 0 saturated carbocycles. The molecule has 1 saturated heterocycles. The van der Waals surface area contributed by atoms with Crippen molar-refractivity contribution in [2.45, 2.75) is 90.0 Å². The molecule has 2 aromatic carbocycles. The summed E-state index contributed by atoms with van der Waals surface area (Å²) >= 11 is 0. The van der Waals surface area contributed by atoms with Crippen LogP contribution >= 0.6 is 0 Å². The Morgan fingerprint density at radius 1 is 1.00 bits per heavy atom. The van der Waals surface area contributed by atoms with Crippen LogP contribution in [0.2, 0.25) is 0 Å². The fourth-order valence-electron chi connectivity index (χ4n) is 4.30. The quantitative estimate of drug-likeness (QED) is 0.141. The van der Waals surface area contributed by atoms with Crippen molar-refractivity contribution < 1.29 is 186 Å². The van der Waals surface area contributed by atoms with Crippen molar-refractivity contribution >= 4 is 23.7 Å². The van der Waals surface area contributed by atoms with Crippen LogP contribution in [0.5, 0.6) is 5.75 Å². The SMILES string of the molecule is CC(C)(N)COC(C)(C)CNC(=O)c1cc(COC(=O)Nc2ccc(CO)cc2CO)ccc1OC1CC(O)CC(C(=O)O)O1.O.[Ta].[Tb].[Y].[Y]. The van der Waals surface area contributed by atoms with Gasteiger partial charge in [-0.05, 0) is 63.1 Å². The van der Waals surface area contributed by atoms with Gasteiger partial charge in [-0.3, -0.25) is 10.1 Å². The van der Waals surface area contributed by atoms with Crippen molar-refractivity contribution in [2.75, 3.05) is 18.5 Å². The van der Waals surface area contributed by atoms with Gasteiger partial charge in [0.15, 0.2) is 6.10 Å². The molecule has 2 amide bonds. The molecule has 276 valence electrons. The maximum absolute atomic E-state index is 13.4. The van der Waals surface area contributed by atoms with Gasteiger partial charge in [0.2, 0.25) is 6.29 Å². The Labute approximate surface area is 388 Å². The number of carbonyl (C=O) groups excluding carboxylic acids is 2. The van der Waals surface area contributed by atoms with Crippen LogP contribution < -0.4 is 21.1 Å². The van der Waals surface area contributed by atoms with E-state index in [9.17, 15) is 34.8 Å². The van der Waals surface area contributed by atoms with E-state index in [0.29, 0.717) is 22.4 Å². The smallest absolute Gasteiger partial charge is 0.411 e. The van der Waals surface area contributed by atoms with Crippen molar-refractivity contribution in [3.8, 4) is 5.75 Å². The van der Waals surface area contributed by atoms with Crippen molar-refractivity contribution in [1.82, 2.24) is 5.32 Å². The van der Waals surface area contributed by atoms with Crippen LogP contribution in [0.1, 0.15) is 67.6 Å². The molecule has 0 aromatic heterocycles. The first-order chi connectivity index (χ1) is 21.1. The van der Waals surface area contributed by atoms with E-state index in [2.05, 4.69) is 10.6 Å². The van der Waals surface area contributed by atoms with Gasteiger partial charge in [0.1, 0.15) is 12.4 Å². The summed E-state index contributed by atoms with van der Waals surface area (Å²) < 4.78 is 22.6. The van der Waals surface area contributed by atoms with Crippen molar-refractivity contribution in [1.29, 1.82) is 0 Å². The molecule has 15 nitrogen and oxygen atoms in total. The molecule has 10 N–H and O–H groups in total. The Kier molecular flexibility index (Phi) is 27.9. The van der Waals surface area contributed by atoms with Crippen LogP contribution in [0, 0.1) is 38.6 Å². The van der Waals surface area contributed by atoms with Gasteiger partial charge in [0.25, 0.3) is 5.91 Å². The predicted octanol–water partition coefficient (Wildman–Crippen LogP) is 1.18. The number of ether oxygens (including phenoxy) is 4. The van der Waals surface area contributed by atoms with E-state index in [1.54, 1.807) is 32.0 Å². The summed E-state index contributed by atoms with van der Waals surface area (Å²) in [7, 11) is 0. The van der Waals surface area contributed by atoms with E-state index < -0.39 is 47.6 Å². The topological polar surface area (TPSA) is 251 Å². The number of carboxylic acid groups (broad SMARTS) is 1. The second kappa shape index (κ2) is 25.5. The molecule has 1 aliphatic heterocycles. The monoisotopic (exact) mass is 1170 g/mol. The number of nitrogens with one attached hydrogen (secondary N) is 2. The number of carboxylic acids is 1. The number of aliphatic carboxylic acids is 1. The summed E-state index contributed by atoms with van der Waals surface area (Å²) in [5, 5.41) is 43.8. The zero-order chi connectivity index (χ0) is 33.4. The van der Waals surface area contributed by atoms with Gasteiger partial charge < -0.3 is 55.9 Å². The van der Waals surface area contributed by atoms with Crippen LogP contribution in [0.25, 0.3) is 0 Å². The molecule has 1 fully saturated rings. The van der Waals surface area contributed by atoms with Crippen molar-refractivity contribution in [3.63, 3.8) is 0 Å². The van der Waals surface area contributed by atoms with Gasteiger partial charge >= 0.3 is 12.1 Å². The molecule has 4 radical (unpaired) electrons. The number of amides is 2. The molecule has 0 spiro atoms. The third-order valence-corrected chi connectivity index (χ3v) is 6.73. The molecule has 1 aliphatic rings. The molecule has 3 rings (SSSR count). The summed E-state index contributed by atoms with van der Waals surface area (Å²) in [4.78, 5) is 37.4. The van der Waals surface area contributed by atoms with E-state index in [1.165, 1.54) is 18.2 Å². The molecule has 1 heterocycles. The standard InChI is InChI=1S/C31H43N3O11.H2O.Ta.Tb.2Y/c1-30(2,32)17-43-31(3,4)16-33-27(38)22-10-19(6-8-24(22)44-26-12-21(37)11-25(45-26)28(39)40)15-42-29(41)34-23-7-5-18(13-35)9-20(23)14-36;;;;;/h5-10,21,25-26,35-37H,11-17,32H2,1-4H3,(H,33,38)(H,34,41)(H,39,40);1H2;;;;. The fraction of sp³-hybridized carbons (Fsp3) is 0.516. The van der Waals surface area contributed by atoms with E-state index in [0.717, 1.165) is 0 Å². The van der Waals surface area contributed by atoms with Crippen LogP contribution in [0.4, 0.5) is 10.5 Å². The molecular formula is C31H45N3O12TaTbY2. The minimum absolute atomic E-state index is 0. The predicted molar refractivity (Wildman–Crippen MR) is 165 cm³/mol. The summed E-state index contributed by atoms with van der Waals surface area (Å²) in [6.45, 7) is 6.73. The first kappa shape index (κ1) is 54.7. The Morgan fingerprint density at radius 2 is 1.64 bits per heavy atom. The number of anilines is 1. The molecular weight excluding hydrogens is 1120 g/mol. The molecule has 3 unspecified atom stereocenters. The van der Waals surface area contributed by atoms with Crippen LogP contribution in [0.3, 0.4) is 0 Å². The normalized spacial score (nSPS) is 16.8. The summed E-state index contributed by atoms with van der Waals surface area (Å²) in [6.07, 6.45) is -4.33. The number of hydrogen-bond donors (Lipinski definition) is 7. The van der Waals surface area contributed by atoms with Crippen LogP contribution in [0.15, 0.2) is 36.4 Å². The van der Waals surface area contributed by atoms with Gasteiger partial charge in [0.05, 0.1) is 37.1 Å². The zero-order valence-electron chi connectivity index (χ0n) is 28.3. The number of rotatable bonds is 14. The molecule has 3 atom stereocenters. The maximum atomic E-state index is 13.4. The second-order valence-corrected chi connectivity index (χ2v) is 12.2. The molecule has 50 heavy (non-hydrogen) atoms. The Hall–Kier alpha value is 0.404. The fourth-order valence-corrected chi connectivity index (χ4v) is 4.30. The molecule has 0 aliphatic carbocycles. The second-order valence-electron chi connectivity index (χ2n) is 12.2. The number of aliphatic hydroxyl groups excluding tert-OH is 3. The first-order valence-electron chi connectivity index (χ1n) is 14.4. The summed E-state index contributed by atoms with van der Waals surface area (Å²) in [5.41, 5.74) is 6.39. The largest absolute Gasteiger partial charge is 0.479 e. The van der Waals surface area contributed by atoms with Gasteiger partial charge in [-0.1, -0.05) is 12.1 Å². The average Bonchev–Trinajstić information content (AvgIpc) is 2.98. The van der Waals surface area contributed by atoms with Crippen molar-refractivity contribution in [3.05, 3.63) is 58.7 Å². The van der Waals surface area contributed by atoms with Gasteiger partial charge in [-0.2, -0.15) is 0 Å². The van der Waals surface area contributed by atoms with E-state index in [4.69, 9.17) is 24.7 Å². The number of aliphatic hydroxyl groups is 3. The zero-order valence-corrected chi connectivity index (χ0v) is 39.3. The number of benzene rings is 2. The maximum Gasteiger partial charge on any atom is 0.411 e. The van der Waals surface area contributed by atoms with Gasteiger partial charge in [0, 0.05) is 163 Å². The average molecular weight is 1170 g/mol. The van der Waals surface area contributed by atoms with E-state index in [1.807, 2.05) is 13.8 Å².